The van der Waals surface area contributed by atoms with E-state index in [0.717, 1.165) is 22.4 Å². The van der Waals surface area contributed by atoms with Crippen molar-refractivity contribution in [3.63, 3.8) is 0 Å². The Bertz CT molecular complexity index is 1190. The van der Waals surface area contributed by atoms with Crippen LogP contribution in [0.3, 0.4) is 0 Å². The van der Waals surface area contributed by atoms with Crippen LogP contribution in [0, 0.1) is 5.92 Å². The summed E-state index contributed by atoms with van der Waals surface area (Å²) >= 11 is 0. The predicted molar refractivity (Wildman–Crippen MR) is 115 cm³/mol. The fourth-order valence-electron chi connectivity index (χ4n) is 3.82. The van der Waals surface area contributed by atoms with Crippen molar-refractivity contribution >= 4 is 28.5 Å². The van der Waals surface area contributed by atoms with Crippen molar-refractivity contribution < 1.29 is 14.3 Å². The molecule has 1 aromatic heterocycles. The molecule has 0 spiro atoms. The summed E-state index contributed by atoms with van der Waals surface area (Å²) in [6.07, 6.45) is 1.03. The van der Waals surface area contributed by atoms with Crippen molar-refractivity contribution in [2.24, 2.45) is 5.92 Å². The van der Waals surface area contributed by atoms with Gasteiger partial charge in [0.15, 0.2) is 6.73 Å². The maximum absolute atomic E-state index is 12.7. The molecule has 3 aromatic rings. The Morgan fingerprint density at radius 1 is 1.16 bits per heavy atom. The molecule has 0 aliphatic carbocycles. The molecule has 1 aliphatic heterocycles. The highest BCUT2D eigenvalue weighted by molar-refractivity contribution is 6.00. The lowest BCUT2D eigenvalue weighted by atomic mass is 9.96. The van der Waals surface area contributed by atoms with E-state index in [2.05, 4.69) is 24.2 Å². The summed E-state index contributed by atoms with van der Waals surface area (Å²) in [6.45, 7) is 4.13. The fourth-order valence-corrected chi connectivity index (χ4v) is 3.82. The first-order valence-corrected chi connectivity index (χ1v) is 10.4. The van der Waals surface area contributed by atoms with Gasteiger partial charge < -0.3 is 9.64 Å². The Morgan fingerprint density at radius 3 is 2.71 bits per heavy atom. The molecule has 1 aliphatic rings. The lowest BCUT2D eigenvalue weighted by Crippen LogP contribution is -2.30. The molecular weight excluding hydrogens is 396 g/mol. The van der Waals surface area contributed by atoms with E-state index in [1.54, 1.807) is 29.2 Å². The maximum atomic E-state index is 12.7. The molecule has 2 atom stereocenters. The minimum absolute atomic E-state index is 0.0754. The second kappa shape index (κ2) is 8.67. The molecule has 8 heteroatoms. The molecular formula is C23H24N4O4. The van der Waals surface area contributed by atoms with E-state index in [0.29, 0.717) is 16.8 Å². The molecule has 0 N–H and O–H groups in total. The van der Waals surface area contributed by atoms with Crippen molar-refractivity contribution in [2.75, 3.05) is 11.4 Å². The number of nitrogens with zero attached hydrogens (tertiary/aromatic N) is 4. The van der Waals surface area contributed by atoms with Crippen LogP contribution in [0.5, 0.6) is 0 Å². The van der Waals surface area contributed by atoms with Gasteiger partial charge in [-0.15, -0.1) is 5.10 Å². The largest absolute Gasteiger partial charge is 0.442 e. The van der Waals surface area contributed by atoms with Gasteiger partial charge in [-0.25, -0.2) is 0 Å². The highest BCUT2D eigenvalue weighted by Crippen LogP contribution is 2.33. The highest BCUT2D eigenvalue weighted by Gasteiger charge is 2.37. The number of ether oxygens (including phenoxy) is 1. The molecule has 4 rings (SSSR count). The monoisotopic (exact) mass is 420 g/mol. The van der Waals surface area contributed by atoms with Gasteiger partial charge in [-0.05, 0) is 36.1 Å². The lowest BCUT2D eigenvalue weighted by molar-refractivity contribution is -0.152. The van der Waals surface area contributed by atoms with Crippen LogP contribution in [0.15, 0.2) is 53.3 Å². The van der Waals surface area contributed by atoms with Gasteiger partial charge in [-0.1, -0.05) is 49.4 Å². The van der Waals surface area contributed by atoms with Gasteiger partial charge in [-0.3, -0.25) is 14.4 Å². The first-order valence-electron chi connectivity index (χ1n) is 10.4. The van der Waals surface area contributed by atoms with E-state index in [4.69, 9.17) is 4.74 Å². The second-order valence-corrected chi connectivity index (χ2v) is 7.78. The van der Waals surface area contributed by atoms with E-state index in [9.17, 15) is 14.4 Å². The van der Waals surface area contributed by atoms with Gasteiger partial charge in [-0.2, -0.15) is 4.68 Å². The van der Waals surface area contributed by atoms with Crippen LogP contribution in [0.25, 0.3) is 10.9 Å². The molecule has 0 bridgehead atoms. The minimum Gasteiger partial charge on any atom is -0.442 e. The molecule has 8 nitrogen and oxygen atoms in total. The number of amides is 1. The van der Waals surface area contributed by atoms with Gasteiger partial charge in [0.2, 0.25) is 5.91 Å². The van der Waals surface area contributed by atoms with E-state index in [-0.39, 0.29) is 31.2 Å². The van der Waals surface area contributed by atoms with E-state index in [1.807, 2.05) is 24.3 Å². The molecule has 2 aromatic carbocycles. The van der Waals surface area contributed by atoms with Gasteiger partial charge in [0.1, 0.15) is 5.52 Å². The lowest BCUT2D eigenvalue weighted by Gasteiger charge is -2.23. The van der Waals surface area contributed by atoms with Crippen molar-refractivity contribution in [3.05, 3.63) is 64.4 Å². The van der Waals surface area contributed by atoms with E-state index < -0.39 is 11.9 Å². The van der Waals surface area contributed by atoms with E-state index >= 15 is 0 Å². The number of carbonyl (C=O) groups is 2. The molecule has 1 saturated heterocycles. The van der Waals surface area contributed by atoms with Crippen LogP contribution < -0.4 is 10.5 Å². The third-order valence-electron chi connectivity index (χ3n) is 5.79. The Labute approximate surface area is 179 Å². The summed E-state index contributed by atoms with van der Waals surface area (Å²) in [5, 5.41) is 8.20. The van der Waals surface area contributed by atoms with Crippen LogP contribution in [0.4, 0.5) is 5.69 Å². The Kier molecular flexibility index (Phi) is 5.79. The SMILES string of the molecule is CC[C@@H](C)c1ccccc1N1C[C@H](C(=O)OCn2nnc3ccccc3c2=O)CC1=O. The highest BCUT2D eigenvalue weighted by atomic mass is 16.5. The molecule has 0 unspecified atom stereocenters. The summed E-state index contributed by atoms with van der Waals surface area (Å²) < 4.78 is 6.32. The van der Waals surface area contributed by atoms with Crippen LogP contribution in [0.1, 0.15) is 38.2 Å². The zero-order chi connectivity index (χ0) is 22.0. The molecule has 1 amide bonds. The third kappa shape index (κ3) is 4.05. The molecule has 2 heterocycles. The topological polar surface area (TPSA) is 94.4 Å². The van der Waals surface area contributed by atoms with Crippen molar-refractivity contribution in [2.45, 2.75) is 39.3 Å². The van der Waals surface area contributed by atoms with Gasteiger partial charge in [0, 0.05) is 18.7 Å². The quantitative estimate of drug-likeness (QED) is 0.569. The molecule has 1 fully saturated rings. The Morgan fingerprint density at radius 2 is 1.90 bits per heavy atom. The summed E-state index contributed by atoms with van der Waals surface area (Å²) in [6, 6.07) is 14.6. The number of rotatable bonds is 6. The van der Waals surface area contributed by atoms with Crippen molar-refractivity contribution in [3.8, 4) is 0 Å². The average Bonchev–Trinajstić information content (AvgIpc) is 3.19. The number of carbonyl (C=O) groups excluding carboxylic acids is 2. The molecule has 0 radical (unpaired) electrons. The number of esters is 1. The van der Waals surface area contributed by atoms with Crippen LogP contribution in [0.2, 0.25) is 0 Å². The first kappa shape index (κ1) is 20.7. The van der Waals surface area contributed by atoms with Crippen molar-refractivity contribution in [1.82, 2.24) is 15.0 Å². The molecule has 160 valence electrons. The van der Waals surface area contributed by atoms with Crippen molar-refractivity contribution in [1.29, 1.82) is 0 Å². The molecule has 31 heavy (non-hydrogen) atoms. The average molecular weight is 420 g/mol. The van der Waals surface area contributed by atoms with Gasteiger partial charge >= 0.3 is 5.97 Å². The van der Waals surface area contributed by atoms with Gasteiger partial charge in [0.25, 0.3) is 5.56 Å². The normalized spacial score (nSPS) is 17.2. The minimum atomic E-state index is -0.596. The summed E-state index contributed by atoms with van der Waals surface area (Å²) in [4.78, 5) is 39.4. The number of para-hydroxylation sites is 1. The van der Waals surface area contributed by atoms with E-state index in [1.165, 1.54) is 0 Å². The summed E-state index contributed by atoms with van der Waals surface area (Å²) in [5.74, 6) is -0.936. The number of benzene rings is 2. The molecule has 0 saturated carbocycles. The number of fused-ring (bicyclic) bond motifs is 1. The summed E-state index contributed by atoms with van der Waals surface area (Å²) in [5.41, 5.74) is 2.02. The fraction of sp³-hybridized carbons (Fsp3) is 0.348. The zero-order valence-electron chi connectivity index (χ0n) is 17.5. The first-order chi connectivity index (χ1) is 15.0. The number of hydrogen-bond donors (Lipinski definition) is 0. The number of hydrogen-bond acceptors (Lipinski definition) is 6. The maximum Gasteiger partial charge on any atom is 0.313 e. The van der Waals surface area contributed by atoms with Crippen LogP contribution in [-0.4, -0.2) is 33.4 Å². The van der Waals surface area contributed by atoms with Crippen LogP contribution >= 0.6 is 0 Å². The zero-order valence-corrected chi connectivity index (χ0v) is 17.5. The number of aromatic nitrogens is 3. The second-order valence-electron chi connectivity index (χ2n) is 7.78. The standard InChI is InChI=1S/C23H24N4O4/c1-3-15(2)17-8-5-7-11-20(17)26-13-16(12-21(26)28)23(30)31-14-27-22(29)18-9-4-6-10-19(18)24-25-27/h4-11,15-16H,3,12-14H2,1-2H3/t15-,16-/m1/s1. The smallest absolute Gasteiger partial charge is 0.313 e. The predicted octanol–water partition coefficient (Wildman–Crippen LogP) is 2.86. The third-order valence-corrected chi connectivity index (χ3v) is 5.79. The number of anilines is 1. The summed E-state index contributed by atoms with van der Waals surface area (Å²) in [7, 11) is 0. The Hall–Kier alpha value is -3.55. The van der Waals surface area contributed by atoms with Gasteiger partial charge in [0.05, 0.1) is 11.3 Å². The Balaban J connectivity index is 1.46. The van der Waals surface area contributed by atoms with Crippen LogP contribution in [-0.2, 0) is 21.1 Å².